The number of nitrogens with one attached hydrogen (secondary N) is 2. The zero-order chi connectivity index (χ0) is 17.7. The van der Waals surface area contributed by atoms with Crippen molar-refractivity contribution in [2.24, 2.45) is 0 Å². The van der Waals surface area contributed by atoms with Gasteiger partial charge in [0, 0.05) is 17.9 Å². The first-order valence-corrected chi connectivity index (χ1v) is 8.98. The van der Waals surface area contributed by atoms with Gasteiger partial charge in [0.15, 0.2) is 0 Å². The van der Waals surface area contributed by atoms with Crippen LogP contribution in [0.25, 0.3) is 0 Å². The average molecular weight is 346 g/mol. The molecule has 0 amide bonds. The van der Waals surface area contributed by atoms with Gasteiger partial charge in [0.05, 0.1) is 7.11 Å². The molecule has 0 heterocycles. The predicted molar refractivity (Wildman–Crippen MR) is 98.4 cm³/mol. The lowest BCUT2D eigenvalue weighted by Crippen LogP contribution is -2.14. The van der Waals surface area contributed by atoms with E-state index >= 15 is 0 Å². The van der Waals surface area contributed by atoms with Crippen molar-refractivity contribution in [2.45, 2.75) is 18.7 Å². The number of sulfonamides is 1. The van der Waals surface area contributed by atoms with Crippen molar-refractivity contribution in [3.05, 3.63) is 60.2 Å². The summed E-state index contributed by atoms with van der Waals surface area (Å²) in [7, 11) is -2.28. The molecule has 6 heteroatoms. The molecule has 0 spiro atoms. The van der Waals surface area contributed by atoms with Gasteiger partial charge in [-0.05, 0) is 61.4 Å². The molecule has 2 N–H and O–H groups in total. The van der Waals surface area contributed by atoms with Gasteiger partial charge in [-0.2, -0.15) is 0 Å². The Labute approximate surface area is 143 Å². The zero-order valence-electron chi connectivity index (χ0n) is 14.1. The Balaban J connectivity index is 2.28. The van der Waals surface area contributed by atoms with E-state index in [0.29, 0.717) is 18.0 Å². The van der Waals surface area contributed by atoms with Gasteiger partial charge < -0.3 is 10.1 Å². The highest BCUT2D eigenvalue weighted by Crippen LogP contribution is 2.29. The van der Waals surface area contributed by atoms with E-state index in [4.69, 9.17) is 4.74 Å². The van der Waals surface area contributed by atoms with Crippen LogP contribution in [0.2, 0.25) is 0 Å². The van der Waals surface area contributed by atoms with Gasteiger partial charge in [0.2, 0.25) is 0 Å². The Morgan fingerprint density at radius 1 is 1.08 bits per heavy atom. The molecule has 0 aromatic heterocycles. The third-order valence-corrected chi connectivity index (χ3v) is 5.06. The summed E-state index contributed by atoms with van der Waals surface area (Å²) in [6.45, 7) is 8.06. The lowest BCUT2D eigenvalue weighted by molar-refractivity contribution is 0.402. The van der Waals surface area contributed by atoms with Crippen molar-refractivity contribution in [3.8, 4) is 5.75 Å². The summed E-state index contributed by atoms with van der Waals surface area (Å²) in [4.78, 5) is 0.127. The van der Waals surface area contributed by atoms with Crippen molar-refractivity contribution in [3.63, 3.8) is 0 Å². The Morgan fingerprint density at radius 2 is 1.67 bits per heavy atom. The highest BCUT2D eigenvalue weighted by molar-refractivity contribution is 7.92. The van der Waals surface area contributed by atoms with Crippen LogP contribution >= 0.6 is 0 Å². The number of hydrogen-bond donors (Lipinski definition) is 2. The number of ether oxygens (including phenoxy) is 1. The van der Waals surface area contributed by atoms with Gasteiger partial charge in [0.1, 0.15) is 10.6 Å². The van der Waals surface area contributed by atoms with Crippen molar-refractivity contribution >= 4 is 21.4 Å². The van der Waals surface area contributed by atoms with Crippen LogP contribution in [-0.2, 0) is 10.0 Å². The maximum Gasteiger partial charge on any atom is 0.265 e. The summed E-state index contributed by atoms with van der Waals surface area (Å²) in [5, 5.41) is 3.13. The molecule has 0 aliphatic carbocycles. The number of hydrogen-bond acceptors (Lipinski definition) is 4. The van der Waals surface area contributed by atoms with E-state index in [1.165, 1.54) is 7.11 Å². The third kappa shape index (κ3) is 4.08. The van der Waals surface area contributed by atoms with Crippen LogP contribution in [0.4, 0.5) is 11.4 Å². The third-order valence-electron chi connectivity index (χ3n) is 3.66. The summed E-state index contributed by atoms with van der Waals surface area (Å²) < 4.78 is 33.2. The minimum Gasteiger partial charge on any atom is -0.495 e. The standard InChI is InChI=1S/C18H22N2O3S/c1-5-10-19-15-6-8-16(9-7-15)20-24(21,22)18-12-14(3)13(2)11-17(18)23-4/h5-9,11-12,19-20H,1,10H2,2-4H3. The second kappa shape index (κ2) is 7.40. The summed E-state index contributed by atoms with van der Waals surface area (Å²) in [6, 6.07) is 10.4. The van der Waals surface area contributed by atoms with Crippen LogP contribution in [0, 0.1) is 13.8 Å². The lowest BCUT2D eigenvalue weighted by Gasteiger charge is -2.14. The van der Waals surface area contributed by atoms with Gasteiger partial charge in [-0.1, -0.05) is 6.08 Å². The van der Waals surface area contributed by atoms with Crippen LogP contribution in [-0.4, -0.2) is 22.1 Å². The average Bonchev–Trinajstić information content (AvgIpc) is 2.56. The fourth-order valence-electron chi connectivity index (χ4n) is 2.19. The van der Waals surface area contributed by atoms with Gasteiger partial charge in [0.25, 0.3) is 10.0 Å². The predicted octanol–water partition coefficient (Wildman–Crippen LogP) is 3.71. The molecule has 0 bridgehead atoms. The van der Waals surface area contributed by atoms with Gasteiger partial charge in [-0.3, -0.25) is 4.72 Å². The first kappa shape index (κ1) is 17.9. The first-order valence-electron chi connectivity index (χ1n) is 7.50. The summed E-state index contributed by atoms with van der Waals surface area (Å²) in [5.74, 6) is 0.329. The van der Waals surface area contributed by atoms with E-state index < -0.39 is 10.0 Å². The highest BCUT2D eigenvalue weighted by atomic mass is 32.2. The van der Waals surface area contributed by atoms with Crippen molar-refractivity contribution in [2.75, 3.05) is 23.7 Å². The number of anilines is 2. The molecule has 0 saturated heterocycles. The monoisotopic (exact) mass is 346 g/mol. The molecule has 0 saturated carbocycles. The van der Waals surface area contributed by atoms with Crippen LogP contribution in [0.15, 0.2) is 53.9 Å². The Hall–Kier alpha value is -2.47. The molecule has 0 unspecified atom stereocenters. The molecule has 0 fully saturated rings. The van der Waals surface area contributed by atoms with Crippen molar-refractivity contribution in [1.82, 2.24) is 0 Å². The topological polar surface area (TPSA) is 67.4 Å². The van der Waals surface area contributed by atoms with E-state index in [0.717, 1.165) is 16.8 Å². The van der Waals surface area contributed by atoms with Gasteiger partial charge in [-0.15, -0.1) is 6.58 Å². The number of rotatable bonds is 7. The number of aryl methyl sites for hydroxylation is 2. The first-order chi connectivity index (χ1) is 11.4. The molecule has 2 rings (SSSR count). The molecule has 0 aliphatic rings. The van der Waals surface area contributed by atoms with E-state index in [1.54, 1.807) is 42.5 Å². The molecule has 2 aromatic rings. The van der Waals surface area contributed by atoms with E-state index in [1.807, 2.05) is 13.8 Å². The minimum absolute atomic E-state index is 0.127. The Bertz CT molecular complexity index is 828. The molecule has 2 aromatic carbocycles. The molecule has 128 valence electrons. The second-order valence-electron chi connectivity index (χ2n) is 5.44. The molecule has 5 nitrogen and oxygen atoms in total. The summed E-state index contributed by atoms with van der Waals surface area (Å²) in [5.41, 5.74) is 3.24. The fraction of sp³-hybridized carbons (Fsp3) is 0.222. The van der Waals surface area contributed by atoms with E-state index in [-0.39, 0.29) is 4.90 Å². The summed E-state index contributed by atoms with van der Waals surface area (Å²) >= 11 is 0. The number of benzene rings is 2. The largest absolute Gasteiger partial charge is 0.495 e. The SMILES string of the molecule is C=CCNc1ccc(NS(=O)(=O)c2cc(C)c(C)cc2OC)cc1. The second-order valence-corrected chi connectivity index (χ2v) is 7.09. The van der Waals surface area contributed by atoms with Crippen molar-refractivity contribution < 1.29 is 13.2 Å². The quantitative estimate of drug-likeness (QED) is 0.750. The fourth-order valence-corrected chi connectivity index (χ4v) is 3.48. The molecule has 0 radical (unpaired) electrons. The van der Waals surface area contributed by atoms with Crippen LogP contribution in [0.1, 0.15) is 11.1 Å². The smallest absolute Gasteiger partial charge is 0.265 e. The Morgan fingerprint density at radius 3 is 2.25 bits per heavy atom. The number of methoxy groups -OCH3 is 1. The highest BCUT2D eigenvalue weighted by Gasteiger charge is 2.20. The van der Waals surface area contributed by atoms with Crippen molar-refractivity contribution in [1.29, 1.82) is 0 Å². The van der Waals surface area contributed by atoms with Gasteiger partial charge >= 0.3 is 0 Å². The van der Waals surface area contributed by atoms with Gasteiger partial charge in [-0.25, -0.2) is 8.42 Å². The van der Waals surface area contributed by atoms with E-state index in [2.05, 4.69) is 16.6 Å². The maximum absolute atomic E-state index is 12.7. The normalized spacial score (nSPS) is 11.0. The molecule has 0 aliphatic heterocycles. The molecule has 0 atom stereocenters. The molecular weight excluding hydrogens is 324 g/mol. The minimum atomic E-state index is -3.74. The van der Waals surface area contributed by atoms with E-state index in [9.17, 15) is 8.42 Å². The van der Waals surface area contributed by atoms with Crippen LogP contribution in [0.3, 0.4) is 0 Å². The maximum atomic E-state index is 12.7. The Kier molecular flexibility index (Phi) is 5.51. The summed E-state index contributed by atoms with van der Waals surface area (Å²) in [6.07, 6.45) is 1.75. The van der Waals surface area contributed by atoms with Crippen LogP contribution < -0.4 is 14.8 Å². The lowest BCUT2D eigenvalue weighted by atomic mass is 10.1. The van der Waals surface area contributed by atoms with Crippen LogP contribution in [0.5, 0.6) is 5.75 Å². The zero-order valence-corrected chi connectivity index (χ0v) is 14.9. The molecule has 24 heavy (non-hydrogen) atoms. The molecular formula is C18H22N2O3S.